The predicted molar refractivity (Wildman–Crippen MR) is 134 cm³/mol. The number of carboxylic acid groups (broad SMARTS) is 1. The summed E-state index contributed by atoms with van der Waals surface area (Å²) in [6.07, 6.45) is 1.25. The van der Waals surface area contributed by atoms with Gasteiger partial charge in [-0.25, -0.2) is 4.79 Å². The van der Waals surface area contributed by atoms with Gasteiger partial charge in [0, 0.05) is 23.5 Å². The Morgan fingerprint density at radius 3 is 2.14 bits per heavy atom. The van der Waals surface area contributed by atoms with E-state index in [1.807, 2.05) is 24.3 Å². The molecule has 0 aliphatic rings. The predicted octanol–water partition coefficient (Wildman–Crippen LogP) is -1.51. The number of aliphatic hydroxyl groups is 1. The molecule has 202 valence electrons. The number of hydrogen-bond acceptors (Lipinski definition) is 7. The number of carboxylic acids is 1. The number of amides is 4. The molecule has 0 saturated carbocycles. The maximum Gasteiger partial charge on any atom is 0.326 e. The van der Waals surface area contributed by atoms with Crippen LogP contribution < -0.4 is 27.4 Å². The van der Waals surface area contributed by atoms with Crippen molar-refractivity contribution in [3.8, 4) is 0 Å². The number of aromatic nitrogens is 1. The Morgan fingerprint density at radius 1 is 0.946 bits per heavy atom. The lowest BCUT2D eigenvalue weighted by Crippen LogP contribution is -2.58. The summed E-state index contributed by atoms with van der Waals surface area (Å²) in [7, 11) is 0. The van der Waals surface area contributed by atoms with E-state index in [-0.39, 0.29) is 18.8 Å². The van der Waals surface area contributed by atoms with Crippen LogP contribution in [-0.4, -0.2) is 75.6 Å². The highest BCUT2D eigenvalue weighted by atomic mass is 16.4. The molecule has 0 aliphatic heterocycles. The van der Waals surface area contributed by atoms with Gasteiger partial charge in [0.25, 0.3) is 0 Å². The third-order valence-corrected chi connectivity index (χ3v) is 5.63. The highest BCUT2D eigenvalue weighted by molar-refractivity contribution is 5.95. The molecule has 1 aromatic heterocycles. The second-order valence-electron chi connectivity index (χ2n) is 9.17. The Bertz CT molecular complexity index is 1130. The molecule has 0 spiro atoms. The van der Waals surface area contributed by atoms with E-state index in [2.05, 4.69) is 20.9 Å². The van der Waals surface area contributed by atoms with E-state index < -0.39 is 66.8 Å². The summed E-state index contributed by atoms with van der Waals surface area (Å²) in [4.78, 5) is 64.4. The number of rotatable bonds is 14. The Hall–Kier alpha value is -3.97. The molecule has 13 nitrogen and oxygen atoms in total. The molecule has 0 aliphatic carbocycles. The zero-order valence-electron chi connectivity index (χ0n) is 20.7. The number of fused-ring (bicyclic) bond motifs is 1. The average molecular weight is 519 g/mol. The van der Waals surface area contributed by atoms with Crippen molar-refractivity contribution >= 4 is 40.5 Å². The SMILES string of the molecule is CC(C)CC(NC(=O)C(Cc1c[nH]c2ccccc12)NC(=O)C(N)CO)C(=O)NC(CC(N)=O)C(=O)O. The van der Waals surface area contributed by atoms with Gasteiger partial charge in [-0.15, -0.1) is 0 Å². The lowest BCUT2D eigenvalue weighted by atomic mass is 10.00. The Labute approximate surface area is 213 Å². The van der Waals surface area contributed by atoms with E-state index in [4.69, 9.17) is 11.5 Å². The number of benzene rings is 1. The number of para-hydroxylation sites is 1. The van der Waals surface area contributed by atoms with Gasteiger partial charge in [-0.2, -0.15) is 0 Å². The van der Waals surface area contributed by atoms with Gasteiger partial charge in [0.2, 0.25) is 23.6 Å². The van der Waals surface area contributed by atoms with Crippen LogP contribution >= 0.6 is 0 Å². The van der Waals surface area contributed by atoms with Crippen LogP contribution in [-0.2, 0) is 30.4 Å². The van der Waals surface area contributed by atoms with Crippen LogP contribution in [0.25, 0.3) is 10.9 Å². The molecule has 37 heavy (non-hydrogen) atoms. The van der Waals surface area contributed by atoms with Gasteiger partial charge >= 0.3 is 5.97 Å². The van der Waals surface area contributed by atoms with Gasteiger partial charge in [0.05, 0.1) is 13.0 Å². The summed E-state index contributed by atoms with van der Waals surface area (Å²) in [5.74, 6) is -4.76. The number of aliphatic carboxylic acids is 1. The van der Waals surface area contributed by atoms with Crippen LogP contribution in [0.15, 0.2) is 30.5 Å². The average Bonchev–Trinajstić information content (AvgIpc) is 3.24. The van der Waals surface area contributed by atoms with Crippen molar-refractivity contribution in [1.29, 1.82) is 0 Å². The standard InChI is InChI=1S/C24H34N6O7/c1-12(2)7-17(22(34)30-19(24(36)37)9-20(26)32)29-23(35)18(28-21(33)15(25)11-31)8-13-10-27-16-6-4-3-5-14(13)16/h3-6,10,12,15,17-19,27,31H,7-9,11,25H2,1-2H3,(H2,26,32)(H,28,33)(H,29,35)(H,30,34)(H,36,37). The van der Waals surface area contributed by atoms with E-state index >= 15 is 0 Å². The first-order chi connectivity index (χ1) is 17.4. The molecule has 13 heteroatoms. The van der Waals surface area contributed by atoms with Crippen LogP contribution in [0.4, 0.5) is 0 Å². The number of carbonyl (C=O) groups excluding carboxylic acids is 4. The molecule has 1 heterocycles. The zero-order chi connectivity index (χ0) is 27.7. The van der Waals surface area contributed by atoms with Gasteiger partial charge in [-0.3, -0.25) is 19.2 Å². The zero-order valence-corrected chi connectivity index (χ0v) is 20.7. The molecule has 0 bridgehead atoms. The van der Waals surface area contributed by atoms with Crippen molar-refractivity contribution in [3.63, 3.8) is 0 Å². The molecular weight excluding hydrogens is 484 g/mol. The fourth-order valence-corrected chi connectivity index (χ4v) is 3.74. The summed E-state index contributed by atoms with van der Waals surface area (Å²) in [5.41, 5.74) is 12.2. The molecule has 4 unspecified atom stereocenters. The summed E-state index contributed by atoms with van der Waals surface area (Å²) in [5, 5.41) is 26.7. The van der Waals surface area contributed by atoms with Crippen molar-refractivity contribution in [1.82, 2.24) is 20.9 Å². The number of primary amides is 1. The van der Waals surface area contributed by atoms with E-state index in [9.17, 15) is 34.2 Å². The van der Waals surface area contributed by atoms with Gasteiger partial charge in [0.1, 0.15) is 24.2 Å². The molecule has 2 rings (SSSR count). The number of nitrogens with one attached hydrogen (secondary N) is 4. The minimum absolute atomic E-state index is 0.0369. The molecular formula is C24H34N6O7. The van der Waals surface area contributed by atoms with Gasteiger partial charge in [-0.1, -0.05) is 32.0 Å². The molecule has 10 N–H and O–H groups in total. The van der Waals surface area contributed by atoms with Crippen LogP contribution in [0, 0.1) is 5.92 Å². The summed E-state index contributed by atoms with van der Waals surface area (Å²) in [6.45, 7) is 2.97. The molecule has 4 atom stereocenters. The maximum atomic E-state index is 13.3. The van der Waals surface area contributed by atoms with E-state index in [1.165, 1.54) is 0 Å². The van der Waals surface area contributed by atoms with Crippen molar-refractivity contribution in [2.45, 2.75) is 57.3 Å². The van der Waals surface area contributed by atoms with Crippen molar-refractivity contribution in [2.24, 2.45) is 17.4 Å². The lowest BCUT2D eigenvalue weighted by Gasteiger charge is -2.26. The van der Waals surface area contributed by atoms with E-state index in [1.54, 1.807) is 20.0 Å². The third-order valence-electron chi connectivity index (χ3n) is 5.63. The van der Waals surface area contributed by atoms with Crippen LogP contribution in [0.2, 0.25) is 0 Å². The number of nitrogens with two attached hydrogens (primary N) is 2. The highest BCUT2D eigenvalue weighted by Crippen LogP contribution is 2.19. The Kier molecular flexibility index (Phi) is 10.6. The minimum atomic E-state index is -1.57. The van der Waals surface area contributed by atoms with Crippen molar-refractivity contribution in [3.05, 3.63) is 36.0 Å². The number of H-pyrrole nitrogens is 1. The summed E-state index contributed by atoms with van der Waals surface area (Å²) in [6, 6.07) is 2.18. The highest BCUT2D eigenvalue weighted by Gasteiger charge is 2.31. The minimum Gasteiger partial charge on any atom is -0.480 e. The third kappa shape index (κ3) is 8.58. The first kappa shape index (κ1) is 29.3. The maximum absolute atomic E-state index is 13.3. The summed E-state index contributed by atoms with van der Waals surface area (Å²) >= 11 is 0. The fourth-order valence-electron chi connectivity index (χ4n) is 3.74. The normalized spacial score (nSPS) is 14.4. The topological polar surface area (TPSA) is 230 Å². The van der Waals surface area contributed by atoms with Gasteiger partial charge in [-0.05, 0) is 24.0 Å². The van der Waals surface area contributed by atoms with Crippen LogP contribution in [0.5, 0.6) is 0 Å². The fraction of sp³-hybridized carbons (Fsp3) is 0.458. The second kappa shape index (κ2) is 13.4. The largest absolute Gasteiger partial charge is 0.480 e. The van der Waals surface area contributed by atoms with Crippen LogP contribution in [0.3, 0.4) is 0 Å². The first-order valence-electron chi connectivity index (χ1n) is 11.8. The lowest BCUT2D eigenvalue weighted by molar-refractivity contribution is -0.144. The number of carbonyl (C=O) groups is 5. The molecule has 4 amide bonds. The van der Waals surface area contributed by atoms with Gasteiger partial charge < -0.3 is 42.6 Å². The molecule has 0 radical (unpaired) electrons. The molecule has 0 saturated heterocycles. The van der Waals surface area contributed by atoms with Gasteiger partial charge in [0.15, 0.2) is 0 Å². The number of aromatic amines is 1. The number of hydrogen-bond donors (Lipinski definition) is 8. The molecule has 2 aromatic rings. The quantitative estimate of drug-likeness (QED) is 0.146. The molecule has 0 fully saturated rings. The first-order valence-corrected chi connectivity index (χ1v) is 11.8. The smallest absolute Gasteiger partial charge is 0.326 e. The van der Waals surface area contributed by atoms with Crippen molar-refractivity contribution in [2.75, 3.05) is 6.61 Å². The monoisotopic (exact) mass is 518 g/mol. The van der Waals surface area contributed by atoms with Crippen molar-refractivity contribution < 1.29 is 34.2 Å². The Morgan fingerprint density at radius 2 is 1.54 bits per heavy atom. The van der Waals surface area contributed by atoms with E-state index in [0.717, 1.165) is 10.9 Å². The van der Waals surface area contributed by atoms with E-state index in [0.29, 0.717) is 5.56 Å². The molecule has 1 aromatic carbocycles. The van der Waals surface area contributed by atoms with Crippen LogP contribution in [0.1, 0.15) is 32.3 Å². The number of aliphatic hydroxyl groups excluding tert-OH is 1. The second-order valence-corrected chi connectivity index (χ2v) is 9.17. The summed E-state index contributed by atoms with van der Waals surface area (Å²) < 4.78 is 0. The Balaban J connectivity index is 2.29.